The quantitative estimate of drug-likeness (QED) is 0.666. The van der Waals surface area contributed by atoms with Crippen molar-refractivity contribution in [3.8, 4) is 0 Å². The molecule has 0 fully saturated rings. The van der Waals surface area contributed by atoms with Crippen molar-refractivity contribution in [1.29, 1.82) is 0 Å². The van der Waals surface area contributed by atoms with E-state index in [2.05, 4.69) is 21.3 Å². The molecule has 2 aromatic rings. The van der Waals surface area contributed by atoms with Gasteiger partial charge in [0.15, 0.2) is 5.03 Å². The van der Waals surface area contributed by atoms with Crippen molar-refractivity contribution >= 4 is 27.6 Å². The lowest BCUT2D eigenvalue weighted by molar-refractivity contribution is 0.0798. The second kappa shape index (κ2) is 8.27. The van der Waals surface area contributed by atoms with Gasteiger partial charge in [0.1, 0.15) is 5.69 Å². The van der Waals surface area contributed by atoms with Crippen LogP contribution in [-0.4, -0.2) is 48.8 Å². The first-order chi connectivity index (χ1) is 15.2. The molecule has 1 aromatic heterocycles. The van der Waals surface area contributed by atoms with E-state index >= 15 is 0 Å². The molecule has 2 aliphatic rings. The highest BCUT2D eigenvalue weighted by molar-refractivity contribution is 7.90. The molecule has 3 amide bonds. The SMILES string of the molecule is [C-]#[N+]CN(C)C(=O)c1cc(S(=O)(=O)NC(=O)Nc2c3c(cc4c2CCC4)CCC3)nn1C. The Bertz CT molecular complexity index is 1230. The van der Waals surface area contributed by atoms with Crippen LogP contribution in [0.5, 0.6) is 0 Å². The van der Waals surface area contributed by atoms with Crippen molar-refractivity contribution in [2.24, 2.45) is 7.05 Å². The molecule has 0 unspecified atom stereocenters. The number of hydrogen-bond donors (Lipinski definition) is 2. The molecule has 2 N–H and O–H groups in total. The number of aromatic nitrogens is 2. The molecule has 32 heavy (non-hydrogen) atoms. The third kappa shape index (κ3) is 3.93. The average Bonchev–Trinajstić information content (AvgIpc) is 3.46. The van der Waals surface area contributed by atoms with Crippen LogP contribution >= 0.6 is 0 Å². The predicted octanol–water partition coefficient (Wildman–Crippen LogP) is 1.86. The second-order valence-corrected chi connectivity index (χ2v) is 9.72. The Morgan fingerprint density at radius 3 is 2.38 bits per heavy atom. The molecule has 1 heterocycles. The van der Waals surface area contributed by atoms with Crippen LogP contribution in [0.4, 0.5) is 10.5 Å². The van der Waals surface area contributed by atoms with Gasteiger partial charge in [-0.15, -0.1) is 0 Å². The summed E-state index contributed by atoms with van der Waals surface area (Å²) in [7, 11) is -1.45. The molecule has 0 spiro atoms. The maximum atomic E-state index is 12.8. The molecule has 0 radical (unpaired) electrons. The summed E-state index contributed by atoms with van der Waals surface area (Å²) in [6.07, 6.45) is 5.66. The Balaban J connectivity index is 1.55. The van der Waals surface area contributed by atoms with E-state index in [1.165, 1.54) is 25.2 Å². The standard InChI is InChI=1S/C21H24N6O4S/c1-22-12-26(2)20(28)17-11-18(24-27(17)3)32(30,31)25-21(29)23-19-15-8-4-6-13(15)10-14-7-5-9-16(14)19/h10-11H,4-9,12H2,2-3H3,(H2,23,25,29). The minimum atomic E-state index is -4.31. The molecule has 168 valence electrons. The van der Waals surface area contributed by atoms with Crippen molar-refractivity contribution < 1.29 is 18.0 Å². The van der Waals surface area contributed by atoms with Gasteiger partial charge in [-0.2, -0.15) is 13.5 Å². The average molecular weight is 457 g/mol. The van der Waals surface area contributed by atoms with E-state index in [0.717, 1.165) is 71.0 Å². The number of aryl methyl sites for hydroxylation is 3. The van der Waals surface area contributed by atoms with E-state index in [9.17, 15) is 18.0 Å². The first-order valence-corrected chi connectivity index (χ1v) is 11.8. The van der Waals surface area contributed by atoms with Gasteiger partial charge in [0.25, 0.3) is 22.6 Å². The summed E-state index contributed by atoms with van der Waals surface area (Å²) in [5, 5.41) is 6.21. The Morgan fingerprint density at radius 1 is 1.16 bits per heavy atom. The molecular weight excluding hydrogens is 432 g/mol. The summed E-state index contributed by atoms with van der Waals surface area (Å²) in [5.41, 5.74) is 5.35. The van der Waals surface area contributed by atoms with Gasteiger partial charge in [-0.3, -0.25) is 19.2 Å². The molecule has 0 saturated carbocycles. The normalized spacial score (nSPS) is 14.4. The molecule has 0 saturated heterocycles. The highest BCUT2D eigenvalue weighted by atomic mass is 32.2. The Morgan fingerprint density at radius 2 is 1.78 bits per heavy atom. The summed E-state index contributed by atoms with van der Waals surface area (Å²) in [4.78, 5) is 29.4. The van der Waals surface area contributed by atoms with Gasteiger partial charge in [-0.25, -0.2) is 16.1 Å². The summed E-state index contributed by atoms with van der Waals surface area (Å²) in [5.74, 6) is -0.544. The zero-order chi connectivity index (χ0) is 23.0. The number of amides is 3. The minimum Gasteiger partial charge on any atom is -0.307 e. The predicted molar refractivity (Wildman–Crippen MR) is 117 cm³/mol. The molecular formula is C21H24N6O4S. The van der Waals surface area contributed by atoms with Gasteiger partial charge in [0.2, 0.25) is 0 Å². The van der Waals surface area contributed by atoms with Crippen LogP contribution in [0.25, 0.3) is 4.85 Å². The van der Waals surface area contributed by atoms with Gasteiger partial charge in [-0.05, 0) is 60.8 Å². The smallest absolute Gasteiger partial charge is 0.307 e. The fourth-order valence-electron chi connectivity index (χ4n) is 4.42. The van der Waals surface area contributed by atoms with Crippen LogP contribution in [0, 0.1) is 6.57 Å². The number of sulfonamides is 1. The number of nitrogens with zero attached hydrogens (tertiary/aromatic N) is 4. The number of fused-ring (bicyclic) bond motifs is 2. The summed E-state index contributed by atoms with van der Waals surface area (Å²) >= 11 is 0. The number of nitrogens with one attached hydrogen (secondary N) is 2. The Labute approximate surface area is 186 Å². The van der Waals surface area contributed by atoms with Crippen LogP contribution < -0.4 is 10.0 Å². The molecule has 11 heteroatoms. The van der Waals surface area contributed by atoms with Gasteiger partial charge in [0, 0.05) is 25.8 Å². The monoisotopic (exact) mass is 456 g/mol. The van der Waals surface area contributed by atoms with Crippen LogP contribution in [0.15, 0.2) is 17.2 Å². The number of urea groups is 1. The van der Waals surface area contributed by atoms with E-state index in [4.69, 9.17) is 6.57 Å². The lowest BCUT2D eigenvalue weighted by atomic mass is 9.99. The van der Waals surface area contributed by atoms with Crippen LogP contribution in [0.3, 0.4) is 0 Å². The van der Waals surface area contributed by atoms with Crippen LogP contribution in [0.2, 0.25) is 0 Å². The van der Waals surface area contributed by atoms with E-state index in [-0.39, 0.29) is 12.4 Å². The minimum absolute atomic E-state index is 0.00404. The fraction of sp³-hybridized carbons (Fsp3) is 0.429. The molecule has 0 aliphatic heterocycles. The van der Waals surface area contributed by atoms with Crippen molar-refractivity contribution in [1.82, 2.24) is 19.4 Å². The number of rotatable bonds is 5. The first-order valence-electron chi connectivity index (χ1n) is 10.3. The fourth-order valence-corrected chi connectivity index (χ4v) is 5.32. The zero-order valence-electron chi connectivity index (χ0n) is 17.9. The summed E-state index contributed by atoms with van der Waals surface area (Å²) in [6, 6.07) is 2.46. The maximum Gasteiger partial charge on any atom is 0.333 e. The lowest BCUT2D eigenvalue weighted by Gasteiger charge is -2.16. The van der Waals surface area contributed by atoms with Gasteiger partial charge < -0.3 is 5.32 Å². The number of hydrogen-bond acceptors (Lipinski definition) is 5. The van der Waals surface area contributed by atoms with Crippen LogP contribution in [0.1, 0.15) is 45.6 Å². The number of anilines is 1. The van der Waals surface area contributed by atoms with Crippen molar-refractivity contribution in [3.05, 3.63) is 51.5 Å². The van der Waals surface area contributed by atoms with Gasteiger partial charge >= 0.3 is 6.03 Å². The molecule has 1 aromatic carbocycles. The summed E-state index contributed by atoms with van der Waals surface area (Å²) in [6.45, 7) is 6.70. The molecule has 2 aliphatic carbocycles. The maximum absolute atomic E-state index is 12.8. The van der Waals surface area contributed by atoms with E-state index in [1.807, 2.05) is 4.72 Å². The Hall–Kier alpha value is -3.39. The lowest BCUT2D eigenvalue weighted by Crippen LogP contribution is -2.35. The number of carbonyl (C=O) groups excluding carboxylic acids is 2. The number of carbonyl (C=O) groups is 2. The van der Waals surface area contributed by atoms with Crippen molar-refractivity contribution in [2.75, 3.05) is 19.0 Å². The number of benzene rings is 1. The Kier molecular flexibility index (Phi) is 5.64. The topological polar surface area (TPSA) is 118 Å². The van der Waals surface area contributed by atoms with Crippen molar-refractivity contribution in [3.63, 3.8) is 0 Å². The largest absolute Gasteiger partial charge is 0.333 e. The zero-order valence-corrected chi connectivity index (χ0v) is 18.8. The molecule has 4 rings (SSSR count). The summed E-state index contributed by atoms with van der Waals surface area (Å²) < 4.78 is 28.7. The first kappa shape index (κ1) is 21.8. The third-order valence-electron chi connectivity index (χ3n) is 5.92. The van der Waals surface area contributed by atoms with Gasteiger partial charge in [-0.1, -0.05) is 6.07 Å². The highest BCUT2D eigenvalue weighted by Gasteiger charge is 2.28. The molecule has 0 atom stereocenters. The van der Waals surface area contributed by atoms with E-state index < -0.39 is 27.0 Å². The third-order valence-corrected chi connectivity index (χ3v) is 7.12. The van der Waals surface area contributed by atoms with E-state index in [1.54, 1.807) is 0 Å². The molecule has 0 bridgehead atoms. The van der Waals surface area contributed by atoms with Crippen LogP contribution in [-0.2, 0) is 42.8 Å². The second-order valence-electron chi connectivity index (χ2n) is 8.09. The van der Waals surface area contributed by atoms with Crippen molar-refractivity contribution in [2.45, 2.75) is 43.6 Å². The van der Waals surface area contributed by atoms with Gasteiger partial charge in [0.05, 0.1) is 0 Å². The molecule has 10 nitrogen and oxygen atoms in total. The highest BCUT2D eigenvalue weighted by Crippen LogP contribution is 2.38. The van der Waals surface area contributed by atoms with E-state index in [0.29, 0.717) is 0 Å².